The van der Waals surface area contributed by atoms with Crippen molar-refractivity contribution in [2.45, 2.75) is 59.0 Å². The van der Waals surface area contributed by atoms with Gasteiger partial charge in [0.2, 0.25) is 0 Å². The number of carbonyl (C=O) groups excluding carboxylic acids is 1. The summed E-state index contributed by atoms with van der Waals surface area (Å²) >= 11 is 0. The number of carbonyl (C=O) groups is 1. The first-order chi connectivity index (χ1) is 9.58. The van der Waals surface area contributed by atoms with Crippen molar-refractivity contribution in [1.82, 2.24) is 15.6 Å². The molecule has 1 saturated carbocycles. The van der Waals surface area contributed by atoms with Crippen LogP contribution in [0, 0.1) is 18.8 Å². The van der Waals surface area contributed by atoms with E-state index in [-0.39, 0.29) is 6.03 Å². The zero-order valence-corrected chi connectivity index (χ0v) is 12.6. The number of oxazole rings is 1. The lowest BCUT2D eigenvalue weighted by molar-refractivity contribution is 0.194. The summed E-state index contributed by atoms with van der Waals surface area (Å²) in [4.78, 5) is 16.1. The van der Waals surface area contributed by atoms with E-state index >= 15 is 0 Å². The number of nitrogens with one attached hydrogen (secondary N) is 2. The van der Waals surface area contributed by atoms with Crippen LogP contribution in [-0.2, 0) is 6.54 Å². The van der Waals surface area contributed by atoms with E-state index in [9.17, 15) is 4.79 Å². The lowest BCUT2D eigenvalue weighted by Crippen LogP contribution is -2.47. The van der Waals surface area contributed by atoms with E-state index in [1.807, 2.05) is 6.92 Å². The van der Waals surface area contributed by atoms with Crippen molar-refractivity contribution in [1.29, 1.82) is 0 Å². The smallest absolute Gasteiger partial charge is 0.315 e. The Hall–Kier alpha value is -1.52. The van der Waals surface area contributed by atoms with Gasteiger partial charge in [-0.1, -0.05) is 26.7 Å². The van der Waals surface area contributed by atoms with E-state index in [0.29, 0.717) is 24.4 Å². The van der Waals surface area contributed by atoms with Gasteiger partial charge in [0.25, 0.3) is 0 Å². The molecule has 0 spiro atoms. The molecule has 2 rings (SSSR count). The van der Waals surface area contributed by atoms with Crippen LogP contribution in [0.25, 0.3) is 0 Å². The molecule has 1 fully saturated rings. The van der Waals surface area contributed by atoms with Gasteiger partial charge in [0.15, 0.2) is 6.39 Å². The van der Waals surface area contributed by atoms with E-state index in [2.05, 4.69) is 29.5 Å². The lowest BCUT2D eigenvalue weighted by atomic mass is 9.78. The Morgan fingerprint density at radius 2 is 2.20 bits per heavy atom. The van der Waals surface area contributed by atoms with Gasteiger partial charge in [0, 0.05) is 6.04 Å². The zero-order chi connectivity index (χ0) is 14.5. The third-order valence-electron chi connectivity index (χ3n) is 4.25. The molecule has 112 valence electrons. The zero-order valence-electron chi connectivity index (χ0n) is 12.6. The van der Waals surface area contributed by atoms with E-state index < -0.39 is 0 Å². The Kier molecular flexibility index (Phi) is 5.04. The molecule has 1 aromatic rings. The fourth-order valence-electron chi connectivity index (χ4n) is 3.02. The molecule has 5 nitrogen and oxygen atoms in total. The summed E-state index contributed by atoms with van der Waals surface area (Å²) in [6.45, 7) is 6.73. The summed E-state index contributed by atoms with van der Waals surface area (Å²) in [5.74, 6) is 1.95. The Morgan fingerprint density at radius 1 is 1.45 bits per heavy atom. The van der Waals surface area contributed by atoms with Crippen LogP contribution in [0.5, 0.6) is 0 Å². The molecule has 2 amide bonds. The van der Waals surface area contributed by atoms with Crippen LogP contribution >= 0.6 is 0 Å². The maximum atomic E-state index is 12.0. The topological polar surface area (TPSA) is 67.2 Å². The van der Waals surface area contributed by atoms with Crippen LogP contribution in [0.1, 0.15) is 51.0 Å². The Balaban J connectivity index is 1.82. The van der Waals surface area contributed by atoms with E-state index in [1.165, 1.54) is 25.7 Å². The van der Waals surface area contributed by atoms with Crippen molar-refractivity contribution in [2.75, 3.05) is 0 Å². The largest absolute Gasteiger partial charge is 0.448 e. The van der Waals surface area contributed by atoms with Gasteiger partial charge < -0.3 is 15.1 Å². The molecule has 0 aromatic carbocycles. The minimum absolute atomic E-state index is 0.107. The highest BCUT2D eigenvalue weighted by Crippen LogP contribution is 2.30. The highest BCUT2D eigenvalue weighted by Gasteiger charge is 2.28. The number of aromatic nitrogens is 1. The van der Waals surface area contributed by atoms with E-state index in [0.717, 1.165) is 17.9 Å². The molecule has 2 atom stereocenters. The maximum absolute atomic E-state index is 12.0. The quantitative estimate of drug-likeness (QED) is 0.890. The maximum Gasteiger partial charge on any atom is 0.315 e. The van der Waals surface area contributed by atoms with Crippen molar-refractivity contribution in [3.05, 3.63) is 17.8 Å². The van der Waals surface area contributed by atoms with Gasteiger partial charge in [-0.05, 0) is 31.6 Å². The molecular weight excluding hydrogens is 254 g/mol. The summed E-state index contributed by atoms with van der Waals surface area (Å²) in [5.41, 5.74) is 0.782. The fraction of sp³-hybridized carbons (Fsp3) is 0.733. The second kappa shape index (κ2) is 6.77. The summed E-state index contributed by atoms with van der Waals surface area (Å²) < 4.78 is 5.11. The molecule has 0 saturated heterocycles. The van der Waals surface area contributed by atoms with E-state index in [1.54, 1.807) is 0 Å². The summed E-state index contributed by atoms with van der Waals surface area (Å²) in [6, 6.07) is 0.187. The standard InChI is InChI=1S/C15H25N3O2/c1-10(2)12-6-4-5-7-13(12)18-15(19)16-8-14-11(3)20-9-17-14/h9-10,12-13H,4-8H2,1-3H3,(H2,16,18,19)/t12-,13+/m0/s1. The van der Waals surface area contributed by atoms with Gasteiger partial charge in [-0.3, -0.25) is 0 Å². The van der Waals surface area contributed by atoms with Gasteiger partial charge >= 0.3 is 6.03 Å². The molecule has 2 N–H and O–H groups in total. The van der Waals surface area contributed by atoms with Gasteiger partial charge in [0.1, 0.15) is 11.5 Å². The van der Waals surface area contributed by atoms with Crippen molar-refractivity contribution in [2.24, 2.45) is 11.8 Å². The van der Waals surface area contributed by atoms with Crippen LogP contribution < -0.4 is 10.6 Å². The van der Waals surface area contributed by atoms with Crippen molar-refractivity contribution < 1.29 is 9.21 Å². The minimum Gasteiger partial charge on any atom is -0.448 e. The molecule has 0 bridgehead atoms. The summed E-state index contributed by atoms with van der Waals surface area (Å²) in [7, 11) is 0. The molecule has 1 aliphatic carbocycles. The van der Waals surface area contributed by atoms with Crippen LogP contribution in [0.15, 0.2) is 10.8 Å². The SMILES string of the molecule is Cc1ocnc1CNC(=O)N[C@@H]1CCCC[C@H]1C(C)C. The molecule has 20 heavy (non-hydrogen) atoms. The Morgan fingerprint density at radius 3 is 2.85 bits per heavy atom. The van der Waals surface area contributed by atoms with Crippen LogP contribution in [0.3, 0.4) is 0 Å². The Bertz CT molecular complexity index is 442. The highest BCUT2D eigenvalue weighted by molar-refractivity contribution is 5.74. The first-order valence-corrected chi connectivity index (χ1v) is 7.51. The predicted molar refractivity (Wildman–Crippen MR) is 77.2 cm³/mol. The second-order valence-electron chi connectivity index (χ2n) is 5.98. The Labute approximate surface area is 120 Å². The first kappa shape index (κ1) is 14.9. The number of amides is 2. The fourth-order valence-corrected chi connectivity index (χ4v) is 3.02. The van der Waals surface area contributed by atoms with Crippen molar-refractivity contribution >= 4 is 6.03 Å². The normalized spacial score (nSPS) is 22.8. The molecule has 0 radical (unpaired) electrons. The number of nitrogens with zero attached hydrogens (tertiary/aromatic N) is 1. The van der Waals surface area contributed by atoms with Gasteiger partial charge in [-0.15, -0.1) is 0 Å². The molecule has 0 aliphatic heterocycles. The van der Waals surface area contributed by atoms with Crippen LogP contribution in [0.4, 0.5) is 4.79 Å². The number of hydrogen-bond donors (Lipinski definition) is 2. The number of urea groups is 1. The first-order valence-electron chi connectivity index (χ1n) is 7.51. The van der Waals surface area contributed by atoms with E-state index in [4.69, 9.17) is 4.42 Å². The minimum atomic E-state index is -0.107. The monoisotopic (exact) mass is 279 g/mol. The molecule has 1 heterocycles. The third kappa shape index (κ3) is 3.74. The molecular formula is C15H25N3O2. The van der Waals surface area contributed by atoms with Crippen LogP contribution in [0.2, 0.25) is 0 Å². The van der Waals surface area contributed by atoms with Crippen molar-refractivity contribution in [3.63, 3.8) is 0 Å². The summed E-state index contributed by atoms with van der Waals surface area (Å²) in [6.07, 6.45) is 6.18. The lowest BCUT2D eigenvalue weighted by Gasteiger charge is -2.34. The highest BCUT2D eigenvalue weighted by atomic mass is 16.3. The number of rotatable bonds is 4. The molecule has 5 heteroatoms. The predicted octanol–water partition coefficient (Wildman–Crippen LogP) is 3.00. The van der Waals surface area contributed by atoms with Crippen LogP contribution in [-0.4, -0.2) is 17.1 Å². The third-order valence-corrected chi connectivity index (χ3v) is 4.25. The number of hydrogen-bond acceptors (Lipinski definition) is 3. The van der Waals surface area contributed by atoms with Gasteiger partial charge in [-0.2, -0.15) is 0 Å². The van der Waals surface area contributed by atoms with Gasteiger partial charge in [0.05, 0.1) is 6.54 Å². The van der Waals surface area contributed by atoms with Gasteiger partial charge in [-0.25, -0.2) is 9.78 Å². The average molecular weight is 279 g/mol. The summed E-state index contributed by atoms with van der Waals surface area (Å²) in [5, 5.41) is 5.98. The molecule has 1 aromatic heterocycles. The number of aryl methyl sites for hydroxylation is 1. The molecule has 1 aliphatic rings. The average Bonchev–Trinajstić information content (AvgIpc) is 2.82. The van der Waals surface area contributed by atoms with Crippen molar-refractivity contribution in [3.8, 4) is 0 Å². The molecule has 0 unspecified atom stereocenters. The second-order valence-corrected chi connectivity index (χ2v) is 5.98.